The van der Waals surface area contributed by atoms with Gasteiger partial charge in [-0.2, -0.15) is 13.2 Å². The molecule has 164 valence electrons. The highest BCUT2D eigenvalue weighted by molar-refractivity contribution is 5.83. The van der Waals surface area contributed by atoms with Crippen LogP contribution in [0.1, 0.15) is 71.6 Å². The lowest BCUT2D eigenvalue weighted by Gasteiger charge is -2.56. The van der Waals surface area contributed by atoms with Gasteiger partial charge in [0.25, 0.3) is 0 Å². The number of fused-ring (bicyclic) bond motifs is 5. The van der Waals surface area contributed by atoms with Crippen molar-refractivity contribution < 1.29 is 27.8 Å². The number of aliphatic hydroxyl groups is 1. The zero-order valence-corrected chi connectivity index (χ0v) is 17.4. The van der Waals surface area contributed by atoms with Crippen LogP contribution >= 0.6 is 0 Å². The summed E-state index contributed by atoms with van der Waals surface area (Å²) in [5.41, 5.74) is -1.27. The van der Waals surface area contributed by atoms with Gasteiger partial charge in [0.05, 0.1) is 6.61 Å². The van der Waals surface area contributed by atoms with Gasteiger partial charge < -0.3 is 9.84 Å². The van der Waals surface area contributed by atoms with E-state index in [2.05, 4.69) is 6.92 Å². The summed E-state index contributed by atoms with van der Waals surface area (Å²) >= 11 is 0. The fourth-order valence-electron chi connectivity index (χ4n) is 7.55. The Labute approximate surface area is 171 Å². The largest absolute Gasteiger partial charge is 0.463 e. The van der Waals surface area contributed by atoms with Crippen LogP contribution in [0.15, 0.2) is 11.6 Å². The molecule has 0 saturated heterocycles. The van der Waals surface area contributed by atoms with E-state index in [-0.39, 0.29) is 30.1 Å². The van der Waals surface area contributed by atoms with E-state index in [9.17, 15) is 23.1 Å². The van der Waals surface area contributed by atoms with Gasteiger partial charge in [0.1, 0.15) is 0 Å². The number of carbonyl (C=O) groups excluding carboxylic acids is 1. The molecule has 0 radical (unpaired) electrons. The van der Waals surface area contributed by atoms with Crippen LogP contribution in [0.2, 0.25) is 0 Å². The highest BCUT2D eigenvalue weighted by atomic mass is 19.4. The third-order valence-electron chi connectivity index (χ3n) is 8.96. The van der Waals surface area contributed by atoms with Crippen molar-refractivity contribution in [3.63, 3.8) is 0 Å². The van der Waals surface area contributed by atoms with E-state index in [1.807, 2.05) is 6.92 Å². The van der Waals surface area contributed by atoms with Gasteiger partial charge >= 0.3 is 12.1 Å². The first-order valence-corrected chi connectivity index (χ1v) is 11.3. The molecule has 1 N–H and O–H groups in total. The number of rotatable bonds is 2. The van der Waals surface area contributed by atoms with Gasteiger partial charge in [-0.3, -0.25) is 0 Å². The smallest absolute Gasteiger partial charge is 0.417 e. The normalized spacial score (nSPS) is 46.0. The number of ether oxygens (including phenoxy) is 1. The molecule has 0 aromatic carbocycles. The Bertz CT molecular complexity index is 687. The van der Waals surface area contributed by atoms with Crippen LogP contribution in [0.4, 0.5) is 13.2 Å². The highest BCUT2D eigenvalue weighted by Gasteiger charge is 2.61. The summed E-state index contributed by atoms with van der Waals surface area (Å²) in [6, 6.07) is 0. The lowest BCUT2D eigenvalue weighted by atomic mass is 9.49. The molecule has 0 unspecified atom stereocenters. The number of hydrogen-bond donors (Lipinski definition) is 1. The summed E-state index contributed by atoms with van der Waals surface area (Å²) in [5.74, 6) is 1.53. The topological polar surface area (TPSA) is 46.5 Å². The summed E-state index contributed by atoms with van der Waals surface area (Å²) in [6.45, 7) is 4.46. The van der Waals surface area contributed by atoms with Crippen LogP contribution in [-0.4, -0.2) is 29.5 Å². The number of carbonyl (C=O) groups is 1. The first kappa shape index (κ1) is 21.2. The molecule has 6 heteroatoms. The first-order valence-electron chi connectivity index (χ1n) is 11.3. The van der Waals surface area contributed by atoms with Crippen LogP contribution in [0.25, 0.3) is 0 Å². The van der Waals surface area contributed by atoms with Crippen molar-refractivity contribution in [3.05, 3.63) is 11.6 Å². The van der Waals surface area contributed by atoms with E-state index in [1.165, 1.54) is 5.57 Å². The number of halogens is 3. The fourth-order valence-corrected chi connectivity index (χ4v) is 7.55. The third kappa shape index (κ3) is 3.43. The molecule has 29 heavy (non-hydrogen) atoms. The van der Waals surface area contributed by atoms with Gasteiger partial charge in [0.2, 0.25) is 0 Å². The molecule has 3 nitrogen and oxygen atoms in total. The molecule has 0 aliphatic heterocycles. The van der Waals surface area contributed by atoms with Crippen LogP contribution in [0.5, 0.6) is 0 Å². The molecule has 4 rings (SSSR count). The summed E-state index contributed by atoms with van der Waals surface area (Å²) < 4.78 is 45.2. The summed E-state index contributed by atoms with van der Waals surface area (Å²) in [7, 11) is 0. The monoisotopic (exact) mass is 414 g/mol. The standard InChI is InChI=1S/C23H33F3O3/c1-3-29-20(27)12-15-5-7-19-18-6-4-14-13-22(28,23(24,25)26)11-9-16(14)17(18)8-10-21(15,19)2/h12,14,16-19,28H,3-11,13H2,1-2H3/b15-12+/t14-,16+,17-,18-,19+,21-,22-/m1/s1. The van der Waals surface area contributed by atoms with Gasteiger partial charge in [-0.15, -0.1) is 0 Å². The average Bonchev–Trinajstić information content (AvgIpc) is 2.97. The molecule has 7 atom stereocenters. The van der Waals surface area contributed by atoms with Gasteiger partial charge in [-0.05, 0) is 99.7 Å². The Balaban J connectivity index is 1.50. The van der Waals surface area contributed by atoms with Crippen LogP contribution < -0.4 is 0 Å². The molecule has 0 bridgehead atoms. The maximum Gasteiger partial charge on any atom is 0.417 e. The Hall–Kier alpha value is -1.04. The third-order valence-corrected chi connectivity index (χ3v) is 8.96. The molecule has 4 fully saturated rings. The highest BCUT2D eigenvalue weighted by Crippen LogP contribution is 2.65. The van der Waals surface area contributed by atoms with Crippen molar-refractivity contribution in [2.75, 3.05) is 6.61 Å². The van der Waals surface area contributed by atoms with Gasteiger partial charge in [-0.25, -0.2) is 4.79 Å². The Kier molecular flexibility index (Phi) is 5.32. The number of esters is 1. The number of allylic oxidation sites excluding steroid dienone is 1. The Morgan fingerprint density at radius 1 is 1.14 bits per heavy atom. The van der Waals surface area contributed by atoms with E-state index in [0.29, 0.717) is 36.7 Å². The second kappa shape index (κ2) is 7.28. The minimum absolute atomic E-state index is 0.0160. The molecule has 0 spiro atoms. The quantitative estimate of drug-likeness (QED) is 0.485. The van der Waals surface area contributed by atoms with E-state index < -0.39 is 11.8 Å². The van der Waals surface area contributed by atoms with Crippen molar-refractivity contribution >= 4 is 5.97 Å². The van der Waals surface area contributed by atoms with Crippen LogP contribution in [0, 0.1) is 35.0 Å². The fraction of sp³-hybridized carbons (Fsp3) is 0.870. The first-order chi connectivity index (χ1) is 13.6. The zero-order valence-electron chi connectivity index (χ0n) is 17.4. The minimum atomic E-state index is -4.53. The van der Waals surface area contributed by atoms with Crippen LogP contribution in [-0.2, 0) is 9.53 Å². The average molecular weight is 415 g/mol. The van der Waals surface area contributed by atoms with Crippen molar-refractivity contribution in [2.45, 2.75) is 83.4 Å². The predicted octanol–water partition coefficient (Wildman–Crippen LogP) is 5.42. The van der Waals surface area contributed by atoms with Crippen LogP contribution in [0.3, 0.4) is 0 Å². The second-order valence-corrected chi connectivity index (χ2v) is 10.1. The minimum Gasteiger partial charge on any atom is -0.463 e. The number of alkyl halides is 3. The van der Waals surface area contributed by atoms with Gasteiger partial charge in [-0.1, -0.05) is 12.5 Å². The summed E-state index contributed by atoms with van der Waals surface area (Å²) in [4.78, 5) is 12.0. The molecular weight excluding hydrogens is 381 g/mol. The molecule has 0 amide bonds. The second-order valence-electron chi connectivity index (χ2n) is 10.1. The van der Waals surface area contributed by atoms with E-state index >= 15 is 0 Å². The summed E-state index contributed by atoms with van der Waals surface area (Å²) in [6.07, 6.45) is 3.12. The van der Waals surface area contributed by atoms with E-state index in [4.69, 9.17) is 4.74 Å². The zero-order chi connectivity index (χ0) is 21.0. The Morgan fingerprint density at radius 3 is 2.55 bits per heavy atom. The predicted molar refractivity (Wildman–Crippen MR) is 103 cm³/mol. The van der Waals surface area contributed by atoms with E-state index in [1.54, 1.807) is 6.08 Å². The maximum atomic E-state index is 13.4. The van der Waals surface area contributed by atoms with Crippen molar-refractivity contribution in [1.29, 1.82) is 0 Å². The molecule has 4 aliphatic rings. The summed E-state index contributed by atoms with van der Waals surface area (Å²) in [5, 5.41) is 10.2. The van der Waals surface area contributed by atoms with Crippen molar-refractivity contribution in [3.8, 4) is 0 Å². The van der Waals surface area contributed by atoms with Gasteiger partial charge in [0, 0.05) is 6.08 Å². The van der Waals surface area contributed by atoms with E-state index in [0.717, 1.165) is 38.5 Å². The molecular formula is C23H33F3O3. The van der Waals surface area contributed by atoms with Crippen molar-refractivity contribution in [1.82, 2.24) is 0 Å². The lowest BCUT2D eigenvalue weighted by molar-refractivity contribution is -0.282. The SMILES string of the molecule is CCOC(=O)/C=C1\CC[C@H]2[C@@H]3CC[C@@H]4C[C@@](O)(C(F)(F)F)CC[C@@H]4[C@H]3CC[C@]12C. The number of hydrogen-bond acceptors (Lipinski definition) is 3. The Morgan fingerprint density at radius 2 is 1.86 bits per heavy atom. The maximum absolute atomic E-state index is 13.4. The van der Waals surface area contributed by atoms with Gasteiger partial charge in [0.15, 0.2) is 5.60 Å². The molecule has 0 aromatic rings. The lowest BCUT2D eigenvalue weighted by Crippen LogP contribution is -2.54. The molecule has 0 aromatic heterocycles. The molecule has 0 heterocycles. The molecule has 4 aliphatic carbocycles. The van der Waals surface area contributed by atoms with Crippen molar-refractivity contribution in [2.24, 2.45) is 35.0 Å². The molecule has 4 saturated carbocycles.